The molecule has 0 aliphatic rings. The van der Waals surface area contributed by atoms with Gasteiger partial charge in [-0.3, -0.25) is 4.98 Å². The summed E-state index contributed by atoms with van der Waals surface area (Å²) >= 11 is 0. The highest BCUT2D eigenvalue weighted by molar-refractivity contribution is 5.14. The minimum Gasteiger partial charge on any atom is -0.486 e. The van der Waals surface area contributed by atoms with Crippen LogP contribution in [-0.2, 0) is 0 Å². The van der Waals surface area contributed by atoms with Gasteiger partial charge in [-0.2, -0.15) is 0 Å². The number of nitrogens with zero attached hydrogens (tertiary/aromatic N) is 1. The van der Waals surface area contributed by atoms with E-state index in [1.807, 2.05) is 0 Å². The van der Waals surface area contributed by atoms with E-state index in [0.717, 1.165) is 0 Å². The first-order chi connectivity index (χ1) is 5.29. The topological polar surface area (TPSA) is 22.1 Å². The van der Waals surface area contributed by atoms with E-state index < -0.39 is 13.0 Å². The third kappa shape index (κ3) is 2.93. The van der Waals surface area contributed by atoms with Gasteiger partial charge in [0.05, 0.1) is 12.4 Å². The predicted molar refractivity (Wildman–Crippen MR) is 34.6 cm³/mol. The van der Waals surface area contributed by atoms with E-state index in [1.165, 1.54) is 18.3 Å². The average molecular weight is 158 g/mol. The summed E-state index contributed by atoms with van der Waals surface area (Å²) < 4.78 is 27.8. The normalized spacial score (nSPS) is 10.1. The third-order valence-electron chi connectivity index (χ3n) is 0.964. The van der Waals surface area contributed by atoms with Gasteiger partial charge >= 0.3 is 0 Å². The summed E-state index contributed by atoms with van der Waals surface area (Å²) in [7, 11) is 0. The summed E-state index contributed by atoms with van der Waals surface area (Å²) in [6, 6.07) is 3.02. The standard InChI is InChI=1S/C7H6F2NO/c8-7(9)5-11-6-2-1-3-10-4-6/h1-2,4,7H,5H2. The van der Waals surface area contributed by atoms with Crippen molar-refractivity contribution >= 4 is 0 Å². The predicted octanol–water partition coefficient (Wildman–Crippen LogP) is 1.53. The molecule has 0 saturated heterocycles. The summed E-state index contributed by atoms with van der Waals surface area (Å²) in [5, 5.41) is 0. The number of halogens is 2. The number of ether oxygens (including phenoxy) is 1. The van der Waals surface area contributed by atoms with Crippen molar-refractivity contribution in [2.24, 2.45) is 0 Å². The SMILES string of the molecule is FC(F)COc1cc[c]nc1. The van der Waals surface area contributed by atoms with Crippen molar-refractivity contribution in [1.82, 2.24) is 4.98 Å². The van der Waals surface area contributed by atoms with E-state index in [4.69, 9.17) is 0 Å². The minimum absolute atomic E-state index is 0.337. The minimum atomic E-state index is -2.45. The van der Waals surface area contributed by atoms with Crippen molar-refractivity contribution in [2.45, 2.75) is 6.43 Å². The van der Waals surface area contributed by atoms with Crippen molar-refractivity contribution in [3.05, 3.63) is 24.5 Å². The summed E-state index contributed by atoms with van der Waals surface area (Å²) in [5.74, 6) is 0.337. The number of aromatic nitrogens is 1. The Morgan fingerprint density at radius 2 is 2.45 bits per heavy atom. The second-order valence-corrected chi connectivity index (χ2v) is 1.83. The zero-order chi connectivity index (χ0) is 8.10. The summed E-state index contributed by atoms with van der Waals surface area (Å²) in [6.07, 6.45) is 1.39. The number of hydrogen-bond donors (Lipinski definition) is 0. The first kappa shape index (κ1) is 7.91. The summed E-state index contributed by atoms with van der Waals surface area (Å²) in [6.45, 7) is -0.592. The monoisotopic (exact) mass is 158 g/mol. The molecular weight excluding hydrogens is 152 g/mol. The molecule has 0 amide bonds. The largest absolute Gasteiger partial charge is 0.486 e. The maximum atomic E-state index is 11.6. The smallest absolute Gasteiger partial charge is 0.272 e. The third-order valence-corrected chi connectivity index (χ3v) is 0.964. The van der Waals surface area contributed by atoms with Crippen LogP contribution >= 0.6 is 0 Å². The fourth-order valence-electron chi connectivity index (χ4n) is 0.551. The van der Waals surface area contributed by atoms with Crippen LogP contribution in [0.25, 0.3) is 0 Å². The molecule has 59 valence electrons. The van der Waals surface area contributed by atoms with Gasteiger partial charge in [-0.25, -0.2) is 8.78 Å². The average Bonchev–Trinajstić information content (AvgIpc) is 2.03. The Balaban J connectivity index is 2.39. The van der Waals surface area contributed by atoms with E-state index in [1.54, 1.807) is 0 Å². The zero-order valence-corrected chi connectivity index (χ0v) is 5.63. The first-order valence-electron chi connectivity index (χ1n) is 3.02. The number of rotatable bonds is 3. The van der Waals surface area contributed by atoms with E-state index in [0.29, 0.717) is 5.75 Å². The molecule has 0 atom stereocenters. The van der Waals surface area contributed by atoms with E-state index in [9.17, 15) is 8.78 Å². The van der Waals surface area contributed by atoms with Gasteiger partial charge in [0.1, 0.15) is 12.4 Å². The van der Waals surface area contributed by atoms with Crippen LogP contribution in [0.1, 0.15) is 0 Å². The second kappa shape index (κ2) is 3.85. The molecule has 0 aromatic carbocycles. The van der Waals surface area contributed by atoms with Crippen LogP contribution in [0, 0.1) is 6.20 Å². The molecule has 0 N–H and O–H groups in total. The molecule has 1 aromatic heterocycles. The van der Waals surface area contributed by atoms with Crippen LogP contribution in [0.2, 0.25) is 0 Å². The van der Waals surface area contributed by atoms with E-state index in [2.05, 4.69) is 15.9 Å². The van der Waals surface area contributed by atoms with Gasteiger partial charge in [-0.15, -0.1) is 0 Å². The second-order valence-electron chi connectivity index (χ2n) is 1.83. The molecule has 0 aliphatic carbocycles. The Kier molecular flexibility index (Phi) is 2.77. The molecule has 0 fully saturated rings. The molecule has 2 nitrogen and oxygen atoms in total. The summed E-state index contributed by atoms with van der Waals surface area (Å²) in [5.41, 5.74) is 0. The Hall–Kier alpha value is -1.19. The molecule has 1 aromatic rings. The summed E-state index contributed by atoms with van der Waals surface area (Å²) in [4.78, 5) is 3.57. The molecule has 0 unspecified atom stereocenters. The lowest BCUT2D eigenvalue weighted by atomic mass is 10.5. The van der Waals surface area contributed by atoms with E-state index >= 15 is 0 Å². The van der Waals surface area contributed by atoms with Gasteiger partial charge in [0.2, 0.25) is 0 Å². The fourth-order valence-corrected chi connectivity index (χ4v) is 0.551. The zero-order valence-electron chi connectivity index (χ0n) is 5.63. The molecule has 0 bridgehead atoms. The molecular formula is C7H6F2NO. The molecule has 1 heterocycles. The van der Waals surface area contributed by atoms with E-state index in [-0.39, 0.29) is 0 Å². The highest BCUT2D eigenvalue weighted by Crippen LogP contribution is 2.06. The van der Waals surface area contributed by atoms with Gasteiger partial charge < -0.3 is 4.74 Å². The Morgan fingerprint density at radius 1 is 1.64 bits per heavy atom. The lowest BCUT2D eigenvalue weighted by molar-refractivity contribution is 0.0817. The van der Waals surface area contributed by atoms with Gasteiger partial charge in [0.25, 0.3) is 6.43 Å². The van der Waals surface area contributed by atoms with Gasteiger partial charge in [-0.05, 0) is 12.1 Å². The Labute approximate surface area is 62.8 Å². The molecule has 0 aliphatic heterocycles. The van der Waals surface area contributed by atoms with Crippen LogP contribution in [-0.4, -0.2) is 18.0 Å². The molecule has 0 saturated carbocycles. The fraction of sp³-hybridized carbons (Fsp3) is 0.286. The van der Waals surface area contributed by atoms with Gasteiger partial charge in [-0.1, -0.05) is 0 Å². The number of alkyl halides is 2. The highest BCUT2D eigenvalue weighted by atomic mass is 19.3. The first-order valence-corrected chi connectivity index (χ1v) is 3.02. The van der Waals surface area contributed by atoms with Crippen LogP contribution in [0.15, 0.2) is 18.3 Å². The Morgan fingerprint density at radius 3 is 3.00 bits per heavy atom. The van der Waals surface area contributed by atoms with Crippen molar-refractivity contribution in [1.29, 1.82) is 0 Å². The van der Waals surface area contributed by atoms with Crippen molar-refractivity contribution < 1.29 is 13.5 Å². The van der Waals surface area contributed by atoms with Crippen LogP contribution in [0.4, 0.5) is 8.78 Å². The van der Waals surface area contributed by atoms with Crippen LogP contribution in [0.5, 0.6) is 5.75 Å². The van der Waals surface area contributed by atoms with Crippen molar-refractivity contribution in [2.75, 3.05) is 6.61 Å². The lowest BCUT2D eigenvalue weighted by Crippen LogP contribution is -2.06. The van der Waals surface area contributed by atoms with Crippen molar-refractivity contribution in [3.8, 4) is 5.75 Å². The quantitative estimate of drug-likeness (QED) is 0.665. The molecule has 1 rings (SSSR count). The molecule has 4 heteroatoms. The number of pyridine rings is 1. The number of hydrogen-bond acceptors (Lipinski definition) is 2. The molecule has 0 spiro atoms. The molecule has 11 heavy (non-hydrogen) atoms. The highest BCUT2D eigenvalue weighted by Gasteiger charge is 2.02. The Bertz CT molecular complexity index is 203. The maximum absolute atomic E-state index is 11.6. The maximum Gasteiger partial charge on any atom is 0.272 e. The lowest BCUT2D eigenvalue weighted by Gasteiger charge is -2.02. The van der Waals surface area contributed by atoms with Gasteiger partial charge in [0, 0.05) is 0 Å². The van der Waals surface area contributed by atoms with Crippen LogP contribution in [0.3, 0.4) is 0 Å². The van der Waals surface area contributed by atoms with Gasteiger partial charge in [0.15, 0.2) is 0 Å². The van der Waals surface area contributed by atoms with Crippen LogP contribution < -0.4 is 4.74 Å². The van der Waals surface area contributed by atoms with Crippen molar-refractivity contribution in [3.63, 3.8) is 0 Å². The molecule has 1 radical (unpaired) electrons.